The molecule has 5 nitrogen and oxygen atoms in total. The van der Waals surface area contributed by atoms with E-state index in [2.05, 4.69) is 9.88 Å². The van der Waals surface area contributed by atoms with Gasteiger partial charge in [-0.25, -0.2) is 4.98 Å². The van der Waals surface area contributed by atoms with Gasteiger partial charge in [-0.3, -0.25) is 4.79 Å². The summed E-state index contributed by atoms with van der Waals surface area (Å²) in [6.45, 7) is 5.60. The lowest BCUT2D eigenvalue weighted by Crippen LogP contribution is -2.48. The fourth-order valence-electron chi connectivity index (χ4n) is 2.26. The summed E-state index contributed by atoms with van der Waals surface area (Å²) in [7, 11) is 0. The number of primary amides is 1. The van der Waals surface area contributed by atoms with Gasteiger partial charge in [-0.1, -0.05) is 13.8 Å². The van der Waals surface area contributed by atoms with E-state index in [1.54, 1.807) is 12.1 Å². The number of hydrogen-bond acceptors (Lipinski definition) is 4. The van der Waals surface area contributed by atoms with Gasteiger partial charge in [0.15, 0.2) is 0 Å². The molecule has 1 aromatic heterocycles. The highest BCUT2D eigenvalue weighted by Gasteiger charge is 2.34. The number of piperidine rings is 1. The number of nitrogens with two attached hydrogens (primary N) is 1. The van der Waals surface area contributed by atoms with Crippen LogP contribution in [0, 0.1) is 5.41 Å². The van der Waals surface area contributed by atoms with Crippen LogP contribution in [0.3, 0.4) is 0 Å². The average molecular weight is 249 g/mol. The van der Waals surface area contributed by atoms with Crippen LogP contribution in [0.4, 0.5) is 5.82 Å². The minimum absolute atomic E-state index is 0.151. The van der Waals surface area contributed by atoms with Crippen molar-refractivity contribution < 1.29 is 9.90 Å². The zero-order valence-electron chi connectivity index (χ0n) is 10.8. The Kier molecular flexibility index (Phi) is 3.26. The normalized spacial score (nSPS) is 22.8. The van der Waals surface area contributed by atoms with Gasteiger partial charge in [-0.2, -0.15) is 0 Å². The number of rotatable bonds is 2. The highest BCUT2D eigenvalue weighted by atomic mass is 16.3. The van der Waals surface area contributed by atoms with Gasteiger partial charge in [0.1, 0.15) is 5.82 Å². The lowest BCUT2D eigenvalue weighted by atomic mass is 9.81. The first-order valence-corrected chi connectivity index (χ1v) is 6.09. The highest BCUT2D eigenvalue weighted by molar-refractivity contribution is 5.92. The van der Waals surface area contributed by atoms with Crippen LogP contribution < -0.4 is 10.6 Å². The molecule has 1 aliphatic rings. The highest BCUT2D eigenvalue weighted by Crippen LogP contribution is 2.31. The molecule has 0 saturated carbocycles. The van der Waals surface area contributed by atoms with Crippen molar-refractivity contribution in [2.45, 2.75) is 26.4 Å². The van der Waals surface area contributed by atoms with E-state index in [1.165, 1.54) is 6.20 Å². The summed E-state index contributed by atoms with van der Waals surface area (Å²) in [5.41, 5.74) is 5.44. The summed E-state index contributed by atoms with van der Waals surface area (Å²) in [4.78, 5) is 17.4. The second kappa shape index (κ2) is 4.57. The van der Waals surface area contributed by atoms with Crippen LogP contribution in [-0.4, -0.2) is 35.2 Å². The zero-order chi connectivity index (χ0) is 13.3. The van der Waals surface area contributed by atoms with Crippen LogP contribution >= 0.6 is 0 Å². The fraction of sp³-hybridized carbons (Fsp3) is 0.538. The van der Waals surface area contributed by atoms with Gasteiger partial charge in [-0.05, 0) is 18.6 Å². The maximum Gasteiger partial charge on any atom is 0.250 e. The SMILES string of the molecule is CC1(C)CN(c2ccc(C(N)=O)cn2)CCC1O. The Balaban J connectivity index is 2.15. The summed E-state index contributed by atoms with van der Waals surface area (Å²) in [5, 5.41) is 9.91. The number of aliphatic hydroxyl groups excluding tert-OH is 1. The summed E-state index contributed by atoms with van der Waals surface area (Å²) in [5.74, 6) is 0.350. The number of pyridine rings is 1. The quantitative estimate of drug-likeness (QED) is 0.811. The van der Waals surface area contributed by atoms with Crippen molar-refractivity contribution in [2.24, 2.45) is 11.1 Å². The number of carbonyl (C=O) groups is 1. The second-order valence-electron chi connectivity index (χ2n) is 5.48. The number of nitrogens with zero attached hydrogens (tertiary/aromatic N) is 2. The van der Waals surface area contributed by atoms with Crippen molar-refractivity contribution in [1.82, 2.24) is 4.98 Å². The monoisotopic (exact) mass is 249 g/mol. The lowest BCUT2D eigenvalue weighted by Gasteiger charge is -2.42. The fourth-order valence-corrected chi connectivity index (χ4v) is 2.26. The van der Waals surface area contributed by atoms with Gasteiger partial charge in [0, 0.05) is 24.7 Å². The van der Waals surface area contributed by atoms with Crippen LogP contribution in [0.2, 0.25) is 0 Å². The summed E-state index contributed by atoms with van der Waals surface area (Å²) in [6, 6.07) is 3.48. The maximum absolute atomic E-state index is 11.0. The third-order valence-corrected chi connectivity index (χ3v) is 3.53. The van der Waals surface area contributed by atoms with Crippen LogP contribution in [0.1, 0.15) is 30.6 Å². The lowest BCUT2D eigenvalue weighted by molar-refractivity contribution is 0.0334. The first-order valence-electron chi connectivity index (χ1n) is 6.09. The molecule has 2 rings (SSSR count). The standard InChI is InChI=1S/C13H19N3O2/c1-13(2)8-16(6-5-10(13)17)11-4-3-9(7-15-11)12(14)18/h3-4,7,10,17H,5-6,8H2,1-2H3,(H2,14,18). The molecule has 0 spiro atoms. The molecule has 3 N–H and O–H groups in total. The predicted molar refractivity (Wildman–Crippen MR) is 69.4 cm³/mol. The first-order chi connectivity index (χ1) is 8.40. The molecule has 1 aliphatic heterocycles. The molecule has 98 valence electrons. The van der Waals surface area contributed by atoms with Crippen molar-refractivity contribution >= 4 is 11.7 Å². The van der Waals surface area contributed by atoms with E-state index in [9.17, 15) is 9.90 Å². The van der Waals surface area contributed by atoms with Gasteiger partial charge >= 0.3 is 0 Å². The van der Waals surface area contributed by atoms with Crippen LogP contribution in [0.15, 0.2) is 18.3 Å². The number of aliphatic hydroxyl groups is 1. The average Bonchev–Trinajstić information content (AvgIpc) is 2.33. The molecule has 0 bridgehead atoms. The third-order valence-electron chi connectivity index (χ3n) is 3.53. The summed E-state index contributed by atoms with van der Waals surface area (Å²) < 4.78 is 0. The van der Waals surface area contributed by atoms with Crippen LogP contribution in [0.25, 0.3) is 0 Å². The molecule has 1 amide bonds. The number of amides is 1. The molecule has 5 heteroatoms. The molecule has 0 radical (unpaired) electrons. The summed E-state index contributed by atoms with van der Waals surface area (Å²) in [6.07, 6.45) is 1.95. The van der Waals surface area contributed by atoms with Crippen molar-refractivity contribution in [1.29, 1.82) is 0 Å². The molecular formula is C13H19N3O2. The number of carbonyl (C=O) groups excluding carboxylic acids is 1. The number of hydrogen-bond donors (Lipinski definition) is 2. The molecule has 2 heterocycles. The Morgan fingerprint density at radius 3 is 2.78 bits per heavy atom. The Morgan fingerprint density at radius 1 is 1.56 bits per heavy atom. The van der Waals surface area contributed by atoms with Crippen molar-refractivity contribution in [3.8, 4) is 0 Å². The van der Waals surface area contributed by atoms with E-state index >= 15 is 0 Å². The minimum atomic E-state index is -0.469. The maximum atomic E-state index is 11.0. The second-order valence-corrected chi connectivity index (χ2v) is 5.48. The van der Waals surface area contributed by atoms with E-state index in [0.29, 0.717) is 5.56 Å². The van der Waals surface area contributed by atoms with E-state index < -0.39 is 5.91 Å². The topological polar surface area (TPSA) is 79.5 Å². The first kappa shape index (κ1) is 12.8. The Hall–Kier alpha value is -1.62. The molecule has 1 fully saturated rings. The van der Waals surface area contributed by atoms with Crippen molar-refractivity contribution in [2.75, 3.05) is 18.0 Å². The van der Waals surface area contributed by atoms with Gasteiger partial charge in [0.25, 0.3) is 0 Å². The van der Waals surface area contributed by atoms with E-state index in [0.717, 1.165) is 25.3 Å². The molecule has 18 heavy (non-hydrogen) atoms. The zero-order valence-corrected chi connectivity index (χ0v) is 10.8. The summed E-state index contributed by atoms with van der Waals surface area (Å²) >= 11 is 0. The Bertz CT molecular complexity index is 442. The van der Waals surface area contributed by atoms with E-state index in [1.807, 2.05) is 13.8 Å². The predicted octanol–water partition coefficient (Wildman–Crippen LogP) is 0.778. The largest absolute Gasteiger partial charge is 0.392 e. The van der Waals surface area contributed by atoms with E-state index in [-0.39, 0.29) is 11.5 Å². The van der Waals surface area contributed by atoms with Gasteiger partial charge in [0.2, 0.25) is 5.91 Å². The van der Waals surface area contributed by atoms with Crippen LogP contribution in [-0.2, 0) is 0 Å². The smallest absolute Gasteiger partial charge is 0.250 e. The van der Waals surface area contributed by atoms with Gasteiger partial charge in [-0.15, -0.1) is 0 Å². The molecule has 1 saturated heterocycles. The molecule has 0 aromatic carbocycles. The Labute approximate surface area is 107 Å². The van der Waals surface area contributed by atoms with Crippen molar-refractivity contribution in [3.05, 3.63) is 23.9 Å². The van der Waals surface area contributed by atoms with Crippen LogP contribution in [0.5, 0.6) is 0 Å². The van der Waals surface area contributed by atoms with Crippen molar-refractivity contribution in [3.63, 3.8) is 0 Å². The molecule has 1 atom stereocenters. The van der Waals surface area contributed by atoms with Gasteiger partial charge in [0.05, 0.1) is 11.7 Å². The number of anilines is 1. The molecule has 1 aromatic rings. The van der Waals surface area contributed by atoms with Gasteiger partial charge < -0.3 is 15.7 Å². The molecule has 0 aliphatic carbocycles. The Morgan fingerprint density at radius 2 is 2.28 bits per heavy atom. The molecular weight excluding hydrogens is 230 g/mol. The van der Waals surface area contributed by atoms with E-state index in [4.69, 9.17) is 5.73 Å². The minimum Gasteiger partial charge on any atom is -0.392 e. The molecule has 1 unspecified atom stereocenters. The third kappa shape index (κ3) is 2.46. The number of aromatic nitrogens is 1.